The van der Waals surface area contributed by atoms with Gasteiger partial charge in [-0.05, 0) is 48.5 Å². The van der Waals surface area contributed by atoms with Gasteiger partial charge in [0, 0.05) is 21.2 Å². The topological polar surface area (TPSA) is 86.7 Å². The highest BCUT2D eigenvalue weighted by Gasteiger charge is 2.61. The third-order valence-electron chi connectivity index (χ3n) is 3.61. The molecule has 0 aliphatic carbocycles. The molecule has 1 aliphatic heterocycles. The van der Waals surface area contributed by atoms with Crippen molar-refractivity contribution in [3.05, 3.63) is 69.7 Å². The van der Waals surface area contributed by atoms with Crippen molar-refractivity contribution in [1.82, 2.24) is 0 Å². The van der Waals surface area contributed by atoms with E-state index in [1.165, 1.54) is 48.5 Å². The zero-order valence-corrected chi connectivity index (χ0v) is 15.2. The van der Waals surface area contributed by atoms with Crippen molar-refractivity contribution in [2.45, 2.75) is 11.9 Å². The lowest BCUT2D eigenvalue weighted by molar-refractivity contribution is -0.246. The third-order valence-corrected chi connectivity index (χ3v) is 4.12. The average Bonchev–Trinajstić information content (AvgIpc) is 2.63. The zero-order valence-electron chi connectivity index (χ0n) is 13.7. The molecule has 0 spiro atoms. The summed E-state index contributed by atoms with van der Waals surface area (Å²) in [6.45, 7) is 0. The number of aliphatic imine (C=N–C) groups is 2. The molecule has 1 heterocycles. The number of hydrogen-bond acceptors (Lipinski definition) is 5. The molecule has 0 saturated heterocycles. The Morgan fingerprint density at radius 2 is 1.25 bits per heavy atom. The number of alkyl halides is 3. The van der Waals surface area contributed by atoms with E-state index < -0.39 is 29.5 Å². The number of hydrogen-bond donors (Lipinski definition) is 1. The van der Waals surface area contributed by atoms with Gasteiger partial charge >= 0.3 is 17.8 Å². The van der Waals surface area contributed by atoms with E-state index in [1.807, 2.05) is 0 Å². The van der Waals surface area contributed by atoms with Gasteiger partial charge in [-0.3, -0.25) is 4.79 Å². The Morgan fingerprint density at radius 1 is 0.821 bits per heavy atom. The summed E-state index contributed by atoms with van der Waals surface area (Å²) in [6.07, 6.45) is -5.44. The highest BCUT2D eigenvalue weighted by atomic mass is 35.5. The first-order valence-corrected chi connectivity index (χ1v) is 8.31. The Hall–Kier alpha value is -2.62. The SMILES string of the molecule is O=C1N=C(c2ccc(Cl)cc2)N=NC(c2ccc(Cl)cc2)=N[C@]1(O)C(F)(F)F. The molecule has 144 valence electrons. The number of azo groups is 1. The van der Waals surface area contributed by atoms with Crippen LogP contribution in [0.2, 0.25) is 10.0 Å². The van der Waals surface area contributed by atoms with E-state index in [0.717, 1.165) is 0 Å². The Kier molecular flexibility index (Phi) is 5.33. The number of rotatable bonds is 2. The molecular weight excluding hydrogens is 420 g/mol. The fourth-order valence-electron chi connectivity index (χ4n) is 2.14. The summed E-state index contributed by atoms with van der Waals surface area (Å²) in [5.41, 5.74) is -3.90. The van der Waals surface area contributed by atoms with Crippen molar-refractivity contribution in [2.24, 2.45) is 20.2 Å². The molecule has 0 aromatic heterocycles. The van der Waals surface area contributed by atoms with Gasteiger partial charge < -0.3 is 5.11 Å². The van der Waals surface area contributed by atoms with E-state index in [-0.39, 0.29) is 11.1 Å². The maximum atomic E-state index is 13.5. The van der Waals surface area contributed by atoms with Crippen LogP contribution in [0.5, 0.6) is 0 Å². The van der Waals surface area contributed by atoms with Crippen LogP contribution >= 0.6 is 23.2 Å². The van der Waals surface area contributed by atoms with E-state index in [0.29, 0.717) is 10.0 Å². The van der Waals surface area contributed by atoms with Crippen molar-refractivity contribution in [3.63, 3.8) is 0 Å². The number of carbonyl (C=O) groups excluding carboxylic acids is 1. The minimum Gasteiger partial charge on any atom is -0.355 e. The fourth-order valence-corrected chi connectivity index (χ4v) is 2.39. The van der Waals surface area contributed by atoms with Gasteiger partial charge in [0.15, 0.2) is 11.7 Å². The lowest BCUT2D eigenvalue weighted by Crippen LogP contribution is -2.51. The average molecular weight is 429 g/mol. The van der Waals surface area contributed by atoms with Crippen LogP contribution in [-0.2, 0) is 4.79 Å². The Labute approximate surface area is 166 Å². The smallest absolute Gasteiger partial charge is 0.355 e. The molecule has 0 saturated carbocycles. The molecule has 1 N–H and O–H groups in total. The number of amidine groups is 2. The van der Waals surface area contributed by atoms with Crippen molar-refractivity contribution >= 4 is 40.8 Å². The number of amides is 1. The second-order valence-electron chi connectivity index (χ2n) is 5.56. The van der Waals surface area contributed by atoms with Crippen LogP contribution in [-0.4, -0.2) is 34.6 Å². The van der Waals surface area contributed by atoms with Gasteiger partial charge in [0.2, 0.25) is 0 Å². The third kappa shape index (κ3) is 3.96. The minimum atomic E-state index is -5.44. The van der Waals surface area contributed by atoms with Crippen molar-refractivity contribution < 1.29 is 23.1 Å². The standard InChI is InChI=1S/C17H9Cl2F3N4O2/c18-11-5-1-9(2-6-11)13-23-15(27)16(28,17(20,21)22)24-14(26-25-13)10-3-7-12(19)8-4-10/h1-8,28H/t16-/m1/s1. The van der Waals surface area contributed by atoms with Crippen molar-refractivity contribution in [2.75, 3.05) is 0 Å². The highest BCUT2D eigenvalue weighted by Crippen LogP contribution is 2.34. The first kappa shape index (κ1) is 20.1. The molecule has 0 fully saturated rings. The summed E-state index contributed by atoms with van der Waals surface area (Å²) in [4.78, 5) is 18.6. The Balaban J connectivity index is 2.19. The molecule has 0 unspecified atom stereocenters. The van der Waals surface area contributed by atoms with Gasteiger partial charge in [-0.2, -0.15) is 18.2 Å². The molecule has 1 amide bonds. The number of nitrogens with zero attached hydrogens (tertiary/aromatic N) is 4. The lowest BCUT2D eigenvalue weighted by atomic mass is 10.1. The van der Waals surface area contributed by atoms with Crippen molar-refractivity contribution in [1.29, 1.82) is 0 Å². The van der Waals surface area contributed by atoms with E-state index >= 15 is 0 Å². The molecule has 0 bridgehead atoms. The van der Waals surface area contributed by atoms with E-state index in [4.69, 9.17) is 23.2 Å². The molecular formula is C17H9Cl2F3N4O2. The molecule has 11 heteroatoms. The molecule has 2 aromatic rings. The maximum Gasteiger partial charge on any atom is 0.448 e. The summed E-state index contributed by atoms with van der Waals surface area (Å²) < 4.78 is 40.4. The summed E-state index contributed by atoms with van der Waals surface area (Å²) in [5.74, 6) is -3.01. The first-order valence-electron chi connectivity index (χ1n) is 7.56. The predicted molar refractivity (Wildman–Crippen MR) is 96.8 cm³/mol. The summed E-state index contributed by atoms with van der Waals surface area (Å²) in [6, 6.07) is 11.1. The molecule has 6 nitrogen and oxygen atoms in total. The largest absolute Gasteiger partial charge is 0.448 e. The van der Waals surface area contributed by atoms with Gasteiger partial charge in [-0.15, -0.1) is 10.2 Å². The van der Waals surface area contributed by atoms with Crippen LogP contribution in [0.3, 0.4) is 0 Å². The predicted octanol–water partition coefficient (Wildman–Crippen LogP) is 4.43. The van der Waals surface area contributed by atoms with Crippen LogP contribution in [0.4, 0.5) is 13.2 Å². The van der Waals surface area contributed by atoms with Crippen LogP contribution in [0.15, 0.2) is 68.7 Å². The molecule has 0 radical (unpaired) electrons. The van der Waals surface area contributed by atoms with Crippen LogP contribution in [0.25, 0.3) is 0 Å². The van der Waals surface area contributed by atoms with Gasteiger partial charge in [0.05, 0.1) is 0 Å². The quantitative estimate of drug-likeness (QED) is 0.766. The minimum absolute atomic E-state index is 0.0565. The highest BCUT2D eigenvalue weighted by molar-refractivity contribution is 6.31. The molecule has 1 aliphatic rings. The number of carbonyl (C=O) groups is 1. The summed E-state index contributed by atoms with van der Waals surface area (Å²) in [7, 11) is 0. The van der Waals surface area contributed by atoms with E-state index in [1.54, 1.807) is 0 Å². The van der Waals surface area contributed by atoms with Crippen LogP contribution in [0.1, 0.15) is 11.1 Å². The van der Waals surface area contributed by atoms with E-state index in [9.17, 15) is 23.1 Å². The van der Waals surface area contributed by atoms with Crippen LogP contribution in [0, 0.1) is 0 Å². The van der Waals surface area contributed by atoms with Gasteiger partial charge in [-0.25, -0.2) is 4.99 Å². The molecule has 28 heavy (non-hydrogen) atoms. The van der Waals surface area contributed by atoms with E-state index in [2.05, 4.69) is 20.2 Å². The summed E-state index contributed by atoms with van der Waals surface area (Å²) in [5, 5.41) is 18.1. The second kappa shape index (κ2) is 7.42. The number of halogens is 5. The zero-order chi connectivity index (χ0) is 20.5. The van der Waals surface area contributed by atoms with Gasteiger partial charge in [0.1, 0.15) is 0 Å². The molecule has 3 rings (SSSR count). The lowest BCUT2D eigenvalue weighted by Gasteiger charge is -2.24. The normalized spacial score (nSPS) is 20.3. The fraction of sp³-hybridized carbons (Fsp3) is 0.118. The van der Waals surface area contributed by atoms with Crippen molar-refractivity contribution in [3.8, 4) is 0 Å². The monoisotopic (exact) mass is 428 g/mol. The molecule has 2 aromatic carbocycles. The van der Waals surface area contributed by atoms with Crippen LogP contribution < -0.4 is 0 Å². The summed E-state index contributed by atoms with van der Waals surface area (Å²) >= 11 is 11.5. The van der Waals surface area contributed by atoms with Gasteiger partial charge in [-0.1, -0.05) is 23.2 Å². The van der Waals surface area contributed by atoms with Gasteiger partial charge in [0.25, 0.3) is 0 Å². The first-order chi connectivity index (χ1) is 13.1. The molecule has 1 atom stereocenters. The number of benzene rings is 2. The maximum absolute atomic E-state index is 13.5. The second-order valence-corrected chi connectivity index (χ2v) is 6.43. The Bertz CT molecular complexity index is 1000. The Morgan fingerprint density at radius 3 is 1.71 bits per heavy atom. The number of aliphatic hydroxyl groups is 1.